The van der Waals surface area contributed by atoms with Gasteiger partial charge in [0.15, 0.2) is 0 Å². The Balaban J connectivity index is 1.43. The number of fused-ring (bicyclic) bond motifs is 4. The second-order valence-electron chi connectivity index (χ2n) is 8.81. The fourth-order valence-electron chi connectivity index (χ4n) is 4.02. The van der Waals surface area contributed by atoms with Gasteiger partial charge in [0, 0.05) is 23.7 Å². The Labute approximate surface area is 202 Å². The minimum Gasteiger partial charge on any atom is -0.491 e. The van der Waals surface area contributed by atoms with E-state index in [4.69, 9.17) is 10.5 Å². The Hall–Kier alpha value is -3.70. The quantitative estimate of drug-likeness (QED) is 0.452. The number of imidazole rings is 1. The zero-order valence-corrected chi connectivity index (χ0v) is 20.3. The zero-order chi connectivity index (χ0) is 24.0. The predicted octanol–water partition coefficient (Wildman–Crippen LogP) is 4.16. The number of carbonyl (C=O) groups is 1. The number of thioether (sulfide) groups is 1. The standard InChI is InChI=1S/C26H25N5O2S/c1-26(2,34-4)10-9-16-5-7-18-22(14-33-23(18)11-16)30(3)25(32)17-6-8-19-20(12-17)31-15-28-13-21(31)24(27)29-19/h5-8,11-13,15,22H,14H2,1-4H3,(H2,27,29). The van der Waals surface area contributed by atoms with Gasteiger partial charge in [0.05, 0.1) is 34.3 Å². The molecule has 1 amide bonds. The molecule has 0 saturated carbocycles. The third-order valence-electron chi connectivity index (χ3n) is 6.20. The molecule has 172 valence electrons. The van der Waals surface area contributed by atoms with E-state index in [1.807, 2.05) is 34.7 Å². The number of carbonyl (C=O) groups excluding carboxylic acids is 1. The van der Waals surface area contributed by atoms with Crippen LogP contribution in [0.5, 0.6) is 5.75 Å². The van der Waals surface area contributed by atoms with Gasteiger partial charge in [0.2, 0.25) is 0 Å². The molecule has 1 unspecified atom stereocenters. The van der Waals surface area contributed by atoms with Gasteiger partial charge in [-0.15, -0.1) is 11.8 Å². The van der Waals surface area contributed by atoms with Crippen molar-refractivity contribution < 1.29 is 9.53 Å². The summed E-state index contributed by atoms with van der Waals surface area (Å²) < 4.78 is 7.68. The molecule has 2 aromatic heterocycles. The van der Waals surface area contributed by atoms with E-state index in [1.54, 1.807) is 42.3 Å². The fourth-order valence-corrected chi connectivity index (χ4v) is 4.17. The third-order valence-corrected chi connectivity index (χ3v) is 7.32. The van der Waals surface area contributed by atoms with Crippen LogP contribution in [0.15, 0.2) is 48.9 Å². The van der Waals surface area contributed by atoms with Crippen LogP contribution < -0.4 is 10.5 Å². The third kappa shape index (κ3) is 3.82. The van der Waals surface area contributed by atoms with E-state index in [2.05, 4.69) is 41.9 Å². The van der Waals surface area contributed by atoms with Crippen LogP contribution in [-0.4, -0.2) is 49.8 Å². The summed E-state index contributed by atoms with van der Waals surface area (Å²) in [4.78, 5) is 23.7. The Bertz CT molecular complexity index is 1500. The maximum atomic E-state index is 13.4. The minimum atomic E-state index is -0.180. The van der Waals surface area contributed by atoms with E-state index in [0.29, 0.717) is 29.0 Å². The van der Waals surface area contributed by atoms with Crippen molar-refractivity contribution in [1.82, 2.24) is 19.3 Å². The second-order valence-corrected chi connectivity index (χ2v) is 10.2. The van der Waals surface area contributed by atoms with E-state index in [1.165, 1.54) is 0 Å². The highest BCUT2D eigenvalue weighted by molar-refractivity contribution is 8.00. The molecule has 0 spiro atoms. The molecule has 2 aromatic carbocycles. The summed E-state index contributed by atoms with van der Waals surface area (Å²) >= 11 is 1.72. The monoisotopic (exact) mass is 471 g/mol. The Morgan fingerprint density at radius 1 is 1.26 bits per heavy atom. The number of amides is 1. The molecule has 5 rings (SSSR count). The van der Waals surface area contributed by atoms with Gasteiger partial charge in [0.25, 0.3) is 5.91 Å². The normalized spacial score (nSPS) is 15.0. The zero-order valence-electron chi connectivity index (χ0n) is 19.5. The minimum absolute atomic E-state index is 0.0981. The Kier molecular flexibility index (Phi) is 5.37. The van der Waals surface area contributed by atoms with Gasteiger partial charge < -0.3 is 15.4 Å². The topological polar surface area (TPSA) is 85.8 Å². The van der Waals surface area contributed by atoms with Crippen molar-refractivity contribution in [2.45, 2.75) is 24.6 Å². The number of hydrogen-bond donors (Lipinski definition) is 1. The SMILES string of the molecule is CSC(C)(C)C#Cc1ccc2c(c1)OCC2N(C)C(=O)c1ccc2nc(N)c3cncn3c2c1. The van der Waals surface area contributed by atoms with E-state index < -0.39 is 0 Å². The second kappa shape index (κ2) is 8.26. The number of likely N-dealkylation sites (N-methyl/N-ethyl adjacent to an activating group) is 1. The summed E-state index contributed by atoms with van der Waals surface area (Å²) in [6.07, 6.45) is 5.39. The number of hydrogen-bond acceptors (Lipinski definition) is 6. The molecule has 0 radical (unpaired) electrons. The lowest BCUT2D eigenvalue weighted by atomic mass is 10.0. The van der Waals surface area contributed by atoms with Gasteiger partial charge in [-0.3, -0.25) is 9.20 Å². The highest BCUT2D eigenvalue weighted by Gasteiger charge is 2.31. The average molecular weight is 472 g/mol. The lowest BCUT2D eigenvalue weighted by molar-refractivity contribution is 0.0708. The maximum Gasteiger partial charge on any atom is 0.254 e. The van der Waals surface area contributed by atoms with Crippen LogP contribution in [0.2, 0.25) is 0 Å². The van der Waals surface area contributed by atoms with Crippen LogP contribution in [0.4, 0.5) is 5.82 Å². The number of benzene rings is 2. The molecule has 1 aliphatic heterocycles. The molecule has 8 heteroatoms. The number of rotatable bonds is 3. The first-order valence-electron chi connectivity index (χ1n) is 10.9. The number of nitrogen functional groups attached to an aromatic ring is 1. The van der Waals surface area contributed by atoms with Gasteiger partial charge in [-0.1, -0.05) is 17.9 Å². The largest absolute Gasteiger partial charge is 0.491 e. The first-order valence-corrected chi connectivity index (χ1v) is 12.1. The van der Waals surface area contributed by atoms with E-state index in [-0.39, 0.29) is 16.7 Å². The molecule has 0 aliphatic carbocycles. The van der Waals surface area contributed by atoms with Crippen molar-refractivity contribution in [2.24, 2.45) is 0 Å². The Morgan fingerprint density at radius 2 is 2.09 bits per heavy atom. The highest BCUT2D eigenvalue weighted by atomic mass is 32.2. The van der Waals surface area contributed by atoms with Crippen molar-refractivity contribution in [3.63, 3.8) is 0 Å². The summed E-state index contributed by atoms with van der Waals surface area (Å²) in [5, 5.41) is 0. The van der Waals surface area contributed by atoms with Crippen LogP contribution in [0.25, 0.3) is 16.6 Å². The van der Waals surface area contributed by atoms with Gasteiger partial charge in [-0.25, -0.2) is 9.97 Å². The van der Waals surface area contributed by atoms with Gasteiger partial charge >= 0.3 is 0 Å². The van der Waals surface area contributed by atoms with Crippen molar-refractivity contribution in [3.05, 3.63) is 65.6 Å². The number of nitrogens with zero attached hydrogens (tertiary/aromatic N) is 4. The molecule has 0 fully saturated rings. The smallest absolute Gasteiger partial charge is 0.254 e. The summed E-state index contributed by atoms with van der Waals surface area (Å²) in [5.41, 5.74) is 10.7. The summed E-state index contributed by atoms with van der Waals surface area (Å²) in [6.45, 7) is 4.60. The van der Waals surface area contributed by atoms with Crippen LogP contribution >= 0.6 is 11.8 Å². The first-order chi connectivity index (χ1) is 16.3. The van der Waals surface area contributed by atoms with Gasteiger partial charge in [-0.05, 0) is 50.4 Å². The van der Waals surface area contributed by atoms with Crippen molar-refractivity contribution >= 4 is 40.0 Å². The predicted molar refractivity (Wildman–Crippen MR) is 136 cm³/mol. The number of ether oxygens (including phenoxy) is 1. The van der Waals surface area contributed by atoms with Crippen LogP contribution in [0, 0.1) is 11.8 Å². The fraction of sp³-hybridized carbons (Fsp3) is 0.269. The van der Waals surface area contributed by atoms with E-state index >= 15 is 0 Å². The maximum absolute atomic E-state index is 13.4. The highest BCUT2D eigenvalue weighted by Crippen LogP contribution is 2.37. The lowest BCUT2D eigenvalue weighted by Gasteiger charge is -2.24. The van der Waals surface area contributed by atoms with Crippen molar-refractivity contribution in [3.8, 4) is 17.6 Å². The van der Waals surface area contributed by atoms with Gasteiger partial charge in [0.1, 0.15) is 23.7 Å². The Morgan fingerprint density at radius 3 is 2.88 bits per heavy atom. The van der Waals surface area contributed by atoms with E-state index in [0.717, 1.165) is 22.4 Å². The molecule has 1 aliphatic rings. The molecular weight excluding hydrogens is 446 g/mol. The van der Waals surface area contributed by atoms with Crippen molar-refractivity contribution in [1.29, 1.82) is 0 Å². The molecule has 4 aromatic rings. The van der Waals surface area contributed by atoms with Crippen molar-refractivity contribution in [2.75, 3.05) is 25.6 Å². The average Bonchev–Trinajstić information content (AvgIpc) is 3.49. The molecule has 0 bridgehead atoms. The summed E-state index contributed by atoms with van der Waals surface area (Å²) in [6, 6.07) is 11.2. The summed E-state index contributed by atoms with van der Waals surface area (Å²) in [5.74, 6) is 7.61. The number of nitrogens with two attached hydrogens (primary N) is 1. The van der Waals surface area contributed by atoms with Crippen LogP contribution in [0.3, 0.4) is 0 Å². The molecular formula is C26H25N5O2S. The molecule has 0 saturated heterocycles. The summed E-state index contributed by atoms with van der Waals surface area (Å²) in [7, 11) is 1.80. The molecule has 3 heterocycles. The van der Waals surface area contributed by atoms with Gasteiger partial charge in [-0.2, -0.15) is 0 Å². The molecule has 7 nitrogen and oxygen atoms in total. The van der Waals surface area contributed by atoms with E-state index in [9.17, 15) is 4.79 Å². The lowest BCUT2D eigenvalue weighted by Crippen LogP contribution is -2.32. The number of aromatic nitrogens is 3. The molecule has 34 heavy (non-hydrogen) atoms. The number of anilines is 1. The molecule has 1 atom stereocenters. The first kappa shape index (κ1) is 22.1. The van der Waals surface area contributed by atoms with Crippen LogP contribution in [-0.2, 0) is 0 Å². The van der Waals surface area contributed by atoms with Crippen LogP contribution in [0.1, 0.15) is 41.4 Å². The molecule has 2 N–H and O–H groups in total.